The lowest BCUT2D eigenvalue weighted by Gasteiger charge is -2.31. The molecule has 40 heavy (non-hydrogen) atoms. The summed E-state index contributed by atoms with van der Waals surface area (Å²) >= 11 is 0. The Morgan fingerprint density at radius 1 is 0.875 bits per heavy atom. The molecule has 2 aromatic carbocycles. The van der Waals surface area contributed by atoms with Gasteiger partial charge in [0.25, 0.3) is 0 Å². The maximum absolute atomic E-state index is 6.09. The fourth-order valence-electron chi connectivity index (χ4n) is 7.21. The molecule has 1 nitrogen and oxygen atoms in total. The van der Waals surface area contributed by atoms with Crippen LogP contribution in [0.15, 0.2) is 83.7 Å². The summed E-state index contributed by atoms with van der Waals surface area (Å²) in [4.78, 5) is 0. The van der Waals surface area contributed by atoms with Crippen LogP contribution in [-0.2, 0) is 16.8 Å². The highest BCUT2D eigenvalue weighted by atomic mass is 16.5. The Labute approximate surface area is 241 Å². The van der Waals surface area contributed by atoms with Gasteiger partial charge in [-0.2, -0.15) is 0 Å². The van der Waals surface area contributed by atoms with Crippen molar-refractivity contribution in [2.75, 3.05) is 6.61 Å². The van der Waals surface area contributed by atoms with Gasteiger partial charge in [-0.3, -0.25) is 0 Å². The van der Waals surface area contributed by atoms with Gasteiger partial charge in [0.15, 0.2) is 0 Å². The number of hydrogen-bond acceptors (Lipinski definition) is 1. The molecule has 3 aliphatic carbocycles. The predicted octanol–water partition coefficient (Wildman–Crippen LogP) is 10.4. The molecule has 0 saturated carbocycles. The smallest absolute Gasteiger partial charge is 0.107 e. The standard InChI is InChI=1S/C39H42O/c1-3-5-7-13-23-39(24-14-8-6-4-2)37-18-12-11-17-35(37)36-22-20-30(26-38(36)39)29-19-21-34-32(25-29)28-40-27-31-15-9-10-16-33(31)34/h10-11,15-22,25-26H,3-8,13-14,23-24,27-28H2,1-2H3. The summed E-state index contributed by atoms with van der Waals surface area (Å²) in [5.41, 5.74) is 16.9. The van der Waals surface area contributed by atoms with E-state index in [0.717, 1.165) is 0 Å². The molecule has 2 aromatic rings. The molecule has 204 valence electrons. The first-order valence-corrected chi connectivity index (χ1v) is 15.6. The number of unbranched alkanes of at least 4 members (excludes halogenated alkanes) is 6. The second-order valence-electron chi connectivity index (χ2n) is 11.9. The lowest BCUT2D eigenvalue weighted by atomic mass is 9.69. The number of rotatable bonds is 11. The van der Waals surface area contributed by atoms with Crippen LogP contribution in [0, 0.1) is 12.5 Å². The third-order valence-electron chi connectivity index (χ3n) is 9.31. The van der Waals surface area contributed by atoms with Crippen molar-refractivity contribution in [3.05, 3.63) is 118 Å². The molecule has 1 heteroatoms. The zero-order valence-electron chi connectivity index (χ0n) is 24.3. The minimum Gasteiger partial charge on any atom is -0.382 e. The van der Waals surface area contributed by atoms with Gasteiger partial charge in [0.1, 0.15) is 12.2 Å². The predicted molar refractivity (Wildman–Crippen MR) is 168 cm³/mol. The minimum absolute atomic E-state index is 0.0875. The third kappa shape index (κ3) is 5.00. The van der Waals surface area contributed by atoms with Crippen LogP contribution in [-0.4, -0.2) is 6.61 Å². The second kappa shape index (κ2) is 12.0. The summed E-state index contributed by atoms with van der Waals surface area (Å²) in [6.45, 7) is 5.90. The van der Waals surface area contributed by atoms with Crippen molar-refractivity contribution in [3.8, 4) is 11.1 Å². The van der Waals surface area contributed by atoms with Crippen molar-refractivity contribution in [2.45, 2.75) is 90.1 Å². The molecule has 0 N–H and O–H groups in total. The summed E-state index contributed by atoms with van der Waals surface area (Å²) in [5.74, 6) is 0. The van der Waals surface area contributed by atoms with E-state index >= 15 is 0 Å². The Hall–Kier alpha value is -3.34. The molecule has 0 atom stereocenters. The Morgan fingerprint density at radius 2 is 1.62 bits per heavy atom. The molecular formula is C39H42O. The summed E-state index contributed by atoms with van der Waals surface area (Å²) < 4.78 is 6.09. The van der Waals surface area contributed by atoms with E-state index in [1.807, 2.05) is 6.08 Å². The highest BCUT2D eigenvalue weighted by molar-refractivity contribution is 5.90. The zero-order valence-corrected chi connectivity index (χ0v) is 24.3. The van der Waals surface area contributed by atoms with Crippen molar-refractivity contribution in [1.29, 1.82) is 0 Å². The van der Waals surface area contributed by atoms with Crippen molar-refractivity contribution in [1.82, 2.24) is 0 Å². The van der Waals surface area contributed by atoms with Gasteiger partial charge in [-0.1, -0.05) is 112 Å². The van der Waals surface area contributed by atoms with E-state index in [0.29, 0.717) is 13.2 Å². The molecule has 0 radical (unpaired) electrons. The Morgan fingerprint density at radius 3 is 2.40 bits per heavy atom. The van der Waals surface area contributed by atoms with Gasteiger partial charge in [-0.15, -0.1) is 24.1 Å². The minimum atomic E-state index is 0.0875. The van der Waals surface area contributed by atoms with Gasteiger partial charge in [-0.05, 0) is 35.6 Å². The van der Waals surface area contributed by atoms with E-state index in [4.69, 9.17) is 4.74 Å². The lowest BCUT2D eigenvalue weighted by Crippen LogP contribution is -2.26. The summed E-state index contributed by atoms with van der Waals surface area (Å²) in [6.07, 6.45) is 29.3. The topological polar surface area (TPSA) is 9.23 Å². The van der Waals surface area contributed by atoms with E-state index in [9.17, 15) is 0 Å². The lowest BCUT2D eigenvalue weighted by molar-refractivity contribution is 0.146. The molecule has 0 spiro atoms. The average molecular weight is 527 g/mol. The molecule has 0 saturated heterocycles. The van der Waals surface area contributed by atoms with Gasteiger partial charge >= 0.3 is 0 Å². The number of allylic oxidation sites excluding steroid dienone is 7. The van der Waals surface area contributed by atoms with Gasteiger partial charge in [0, 0.05) is 18.2 Å². The first-order valence-electron chi connectivity index (χ1n) is 15.6. The molecule has 0 amide bonds. The third-order valence-corrected chi connectivity index (χ3v) is 9.31. The van der Waals surface area contributed by atoms with Gasteiger partial charge in [0.05, 0.1) is 29.2 Å². The monoisotopic (exact) mass is 526 g/mol. The molecule has 0 bridgehead atoms. The second-order valence-corrected chi connectivity index (χ2v) is 11.9. The van der Waals surface area contributed by atoms with Gasteiger partial charge in [-0.25, -0.2) is 5.73 Å². The average Bonchev–Trinajstić information content (AvgIpc) is 3.13. The van der Waals surface area contributed by atoms with Crippen molar-refractivity contribution >= 4 is 11.1 Å². The first-order chi connectivity index (χ1) is 19.7. The molecule has 1 aliphatic heterocycles. The number of ether oxygens (including phenoxy) is 1. The largest absolute Gasteiger partial charge is 0.382 e. The number of hydrogen-bond donors (Lipinski definition) is 0. The quantitative estimate of drug-likeness (QED) is 0.161. The fraction of sp³-hybridized carbons (Fsp3) is 0.385. The maximum atomic E-state index is 6.09. The van der Waals surface area contributed by atoms with Crippen molar-refractivity contribution < 1.29 is 4.74 Å². The Kier molecular flexibility index (Phi) is 8.08. The normalized spacial score (nSPS) is 17.6. The van der Waals surface area contributed by atoms with Crippen LogP contribution < -0.4 is 0 Å². The number of benzene rings is 2. The molecule has 4 aliphatic rings. The van der Waals surface area contributed by atoms with Crippen LogP contribution in [0.4, 0.5) is 0 Å². The SMILES string of the molecule is CCCCCCC1(CCCCCC)C2=C(C=C[C+]=C2)c2ccc(-c3ccc4c(c3)COCC3=C4[CH-]C=C=C3)cc21. The van der Waals surface area contributed by atoms with E-state index in [1.54, 1.807) is 5.56 Å². The van der Waals surface area contributed by atoms with Gasteiger partial charge in [0.2, 0.25) is 0 Å². The van der Waals surface area contributed by atoms with E-state index in [-0.39, 0.29) is 5.41 Å². The highest BCUT2D eigenvalue weighted by Crippen LogP contribution is 2.54. The van der Waals surface area contributed by atoms with Crippen LogP contribution in [0.3, 0.4) is 0 Å². The Bertz CT molecular complexity index is 1440. The molecule has 6 rings (SSSR count). The zero-order chi connectivity index (χ0) is 27.4. The van der Waals surface area contributed by atoms with E-state index < -0.39 is 0 Å². The van der Waals surface area contributed by atoms with Crippen molar-refractivity contribution in [3.63, 3.8) is 0 Å². The van der Waals surface area contributed by atoms with Crippen molar-refractivity contribution in [2.24, 2.45) is 0 Å². The maximum Gasteiger partial charge on any atom is 0.107 e. The fourth-order valence-corrected chi connectivity index (χ4v) is 7.21. The van der Waals surface area contributed by atoms with Gasteiger partial charge < -0.3 is 4.74 Å². The summed E-state index contributed by atoms with van der Waals surface area (Å²) in [5, 5.41) is 0. The van der Waals surface area contributed by atoms with Crippen LogP contribution in [0.2, 0.25) is 0 Å². The Balaban J connectivity index is 1.40. The van der Waals surface area contributed by atoms with Crippen LogP contribution >= 0.6 is 0 Å². The molecule has 1 heterocycles. The van der Waals surface area contributed by atoms with Crippen LogP contribution in [0.25, 0.3) is 22.3 Å². The summed E-state index contributed by atoms with van der Waals surface area (Å²) in [7, 11) is 0. The number of fused-ring (bicyclic) bond motifs is 4. The molecule has 0 aromatic heterocycles. The van der Waals surface area contributed by atoms with E-state index in [2.05, 4.69) is 92.8 Å². The van der Waals surface area contributed by atoms with Crippen LogP contribution in [0.1, 0.15) is 100 Å². The molecule has 0 unspecified atom stereocenters. The van der Waals surface area contributed by atoms with E-state index in [1.165, 1.54) is 114 Å². The first kappa shape index (κ1) is 26.9. The molecular weight excluding hydrogens is 484 g/mol. The highest BCUT2D eigenvalue weighted by Gasteiger charge is 2.48. The summed E-state index contributed by atoms with van der Waals surface area (Å²) in [6, 6.07) is 14.3. The molecule has 0 fully saturated rings. The van der Waals surface area contributed by atoms with Crippen LogP contribution in [0.5, 0.6) is 0 Å².